The molecule has 3 heteroatoms. The summed E-state index contributed by atoms with van der Waals surface area (Å²) in [5.41, 5.74) is 0. The quantitative estimate of drug-likeness (QED) is 0.503. The molecule has 0 aliphatic carbocycles. The van der Waals surface area contributed by atoms with Crippen molar-refractivity contribution in [1.29, 1.82) is 0 Å². The minimum absolute atomic E-state index is 0.123. The molecule has 0 heterocycles. The second kappa shape index (κ2) is 11.7. The van der Waals surface area contributed by atoms with Gasteiger partial charge in [-0.25, -0.2) is 0 Å². The summed E-state index contributed by atoms with van der Waals surface area (Å²) in [6.45, 7) is 11.2. The van der Waals surface area contributed by atoms with Crippen molar-refractivity contribution in [2.45, 2.75) is 53.4 Å². The minimum Gasteiger partial charge on any atom is -0.381 e. The van der Waals surface area contributed by atoms with E-state index in [1.807, 2.05) is 13.8 Å². The fourth-order valence-electron chi connectivity index (χ4n) is 1.52. The molecule has 3 nitrogen and oxygen atoms in total. The molecular weight excluding hydrogens is 228 g/mol. The van der Waals surface area contributed by atoms with Crippen molar-refractivity contribution in [3.8, 4) is 0 Å². The van der Waals surface area contributed by atoms with E-state index in [0.29, 0.717) is 19.6 Å². The maximum atomic E-state index is 11.3. The van der Waals surface area contributed by atoms with E-state index in [9.17, 15) is 4.79 Å². The molecule has 0 saturated carbocycles. The van der Waals surface area contributed by atoms with Crippen LogP contribution in [0.4, 0.5) is 0 Å². The van der Waals surface area contributed by atoms with E-state index in [-0.39, 0.29) is 11.7 Å². The molecular formula is C15H30O3. The van der Waals surface area contributed by atoms with Gasteiger partial charge >= 0.3 is 0 Å². The van der Waals surface area contributed by atoms with E-state index in [4.69, 9.17) is 9.47 Å². The largest absolute Gasteiger partial charge is 0.381 e. The summed E-state index contributed by atoms with van der Waals surface area (Å²) in [5, 5.41) is 0. The van der Waals surface area contributed by atoms with Crippen LogP contribution in [0.25, 0.3) is 0 Å². The van der Waals surface area contributed by atoms with Crippen molar-refractivity contribution in [3.05, 3.63) is 0 Å². The van der Waals surface area contributed by atoms with Crippen molar-refractivity contribution in [2.24, 2.45) is 11.8 Å². The second-order valence-electron chi connectivity index (χ2n) is 5.49. The number of hydrogen-bond acceptors (Lipinski definition) is 3. The smallest absolute Gasteiger partial charge is 0.137 e. The highest BCUT2D eigenvalue weighted by molar-refractivity contribution is 5.80. The zero-order chi connectivity index (χ0) is 13.8. The molecule has 0 bridgehead atoms. The summed E-state index contributed by atoms with van der Waals surface area (Å²) in [7, 11) is 0. The highest BCUT2D eigenvalue weighted by Crippen LogP contribution is 2.03. The molecule has 0 aliphatic heterocycles. The average molecular weight is 258 g/mol. The monoisotopic (exact) mass is 258 g/mol. The molecule has 0 fully saturated rings. The summed E-state index contributed by atoms with van der Waals surface area (Å²) in [4.78, 5) is 11.3. The molecule has 0 aliphatic rings. The van der Waals surface area contributed by atoms with Gasteiger partial charge in [0.1, 0.15) is 5.78 Å². The molecule has 18 heavy (non-hydrogen) atoms. The Labute approximate surface area is 112 Å². The zero-order valence-electron chi connectivity index (χ0n) is 12.5. The van der Waals surface area contributed by atoms with Crippen molar-refractivity contribution in [3.63, 3.8) is 0 Å². The van der Waals surface area contributed by atoms with Gasteiger partial charge in [0.05, 0.1) is 6.61 Å². The third-order valence-corrected chi connectivity index (χ3v) is 2.78. The van der Waals surface area contributed by atoms with Crippen LogP contribution >= 0.6 is 0 Å². The van der Waals surface area contributed by atoms with E-state index in [1.165, 1.54) is 6.42 Å². The van der Waals surface area contributed by atoms with Crippen LogP contribution < -0.4 is 0 Å². The van der Waals surface area contributed by atoms with Gasteiger partial charge in [-0.2, -0.15) is 0 Å². The van der Waals surface area contributed by atoms with E-state index >= 15 is 0 Å². The van der Waals surface area contributed by atoms with Gasteiger partial charge in [-0.15, -0.1) is 0 Å². The maximum Gasteiger partial charge on any atom is 0.137 e. The molecule has 108 valence electrons. The van der Waals surface area contributed by atoms with Crippen LogP contribution in [0.2, 0.25) is 0 Å². The van der Waals surface area contributed by atoms with Gasteiger partial charge in [-0.3, -0.25) is 4.79 Å². The fraction of sp³-hybridized carbons (Fsp3) is 0.933. The van der Waals surface area contributed by atoms with Crippen LogP contribution in [0, 0.1) is 11.8 Å². The molecule has 0 saturated heterocycles. The first-order chi connectivity index (χ1) is 8.54. The van der Waals surface area contributed by atoms with Gasteiger partial charge in [0, 0.05) is 32.2 Å². The molecule has 0 unspecified atom stereocenters. The lowest BCUT2D eigenvalue weighted by Crippen LogP contribution is -2.11. The Morgan fingerprint density at radius 2 is 1.44 bits per heavy atom. The zero-order valence-corrected chi connectivity index (χ0v) is 12.5. The summed E-state index contributed by atoms with van der Waals surface area (Å²) in [6, 6.07) is 0. The maximum absolute atomic E-state index is 11.3. The third-order valence-electron chi connectivity index (χ3n) is 2.78. The Morgan fingerprint density at radius 3 is 2.00 bits per heavy atom. The summed E-state index contributed by atoms with van der Waals surface area (Å²) in [5.74, 6) is 1.16. The Hall–Kier alpha value is -0.410. The molecule has 0 aromatic carbocycles. The Morgan fingerprint density at radius 1 is 0.889 bits per heavy atom. The predicted octanol–water partition coefficient (Wildman–Crippen LogP) is 3.46. The number of carbonyl (C=O) groups excluding carboxylic acids is 1. The molecule has 0 spiro atoms. The highest BCUT2D eigenvalue weighted by Gasteiger charge is 2.05. The first-order valence-corrected chi connectivity index (χ1v) is 7.22. The second-order valence-corrected chi connectivity index (χ2v) is 5.49. The van der Waals surface area contributed by atoms with Gasteiger partial charge in [0.25, 0.3) is 0 Å². The van der Waals surface area contributed by atoms with Crippen molar-refractivity contribution >= 4 is 5.78 Å². The van der Waals surface area contributed by atoms with Crippen LogP contribution in [0.3, 0.4) is 0 Å². The average Bonchev–Trinajstić information content (AvgIpc) is 2.30. The first-order valence-electron chi connectivity index (χ1n) is 7.22. The lowest BCUT2D eigenvalue weighted by Gasteiger charge is -2.07. The summed E-state index contributed by atoms with van der Waals surface area (Å²) >= 11 is 0. The van der Waals surface area contributed by atoms with E-state index in [2.05, 4.69) is 13.8 Å². The molecule has 0 amide bonds. The van der Waals surface area contributed by atoms with Gasteiger partial charge in [-0.1, -0.05) is 27.7 Å². The lowest BCUT2D eigenvalue weighted by atomic mass is 10.1. The van der Waals surface area contributed by atoms with Crippen molar-refractivity contribution in [2.75, 3.05) is 26.4 Å². The number of carbonyl (C=O) groups is 1. The van der Waals surface area contributed by atoms with Crippen LogP contribution in [-0.2, 0) is 14.3 Å². The third kappa shape index (κ3) is 12.1. The van der Waals surface area contributed by atoms with Gasteiger partial charge in [0.2, 0.25) is 0 Å². The van der Waals surface area contributed by atoms with Crippen LogP contribution in [0.5, 0.6) is 0 Å². The molecule has 0 aromatic heterocycles. The van der Waals surface area contributed by atoms with Crippen LogP contribution in [0.15, 0.2) is 0 Å². The van der Waals surface area contributed by atoms with E-state index in [1.54, 1.807) is 0 Å². The lowest BCUT2D eigenvalue weighted by molar-refractivity contribution is -0.123. The number of ether oxygens (including phenoxy) is 2. The highest BCUT2D eigenvalue weighted by atomic mass is 16.5. The Bertz CT molecular complexity index is 200. The van der Waals surface area contributed by atoms with Crippen molar-refractivity contribution in [1.82, 2.24) is 0 Å². The first kappa shape index (κ1) is 17.6. The number of rotatable bonds is 12. The molecule has 0 aromatic rings. The van der Waals surface area contributed by atoms with Gasteiger partial charge in [-0.05, 0) is 25.2 Å². The SMILES string of the molecule is CC(C)CCCOCCCOCCC(=O)C(C)C. The van der Waals surface area contributed by atoms with Gasteiger partial charge < -0.3 is 9.47 Å². The standard InChI is InChI=1S/C15H30O3/c1-13(2)7-5-9-17-10-6-11-18-12-8-15(16)14(3)4/h13-14H,5-12H2,1-4H3. The normalized spacial score (nSPS) is 11.4. The topological polar surface area (TPSA) is 35.5 Å². The van der Waals surface area contributed by atoms with Crippen LogP contribution in [0.1, 0.15) is 53.4 Å². The Balaban J connectivity index is 3.10. The molecule has 0 N–H and O–H groups in total. The Kier molecular flexibility index (Phi) is 11.4. The molecule has 0 radical (unpaired) electrons. The summed E-state index contributed by atoms with van der Waals surface area (Å²) < 4.78 is 10.9. The van der Waals surface area contributed by atoms with Crippen molar-refractivity contribution < 1.29 is 14.3 Å². The number of Topliss-reactive ketones (excluding diaryl/α,β-unsaturated/α-hetero) is 1. The van der Waals surface area contributed by atoms with Crippen LogP contribution in [-0.4, -0.2) is 32.2 Å². The summed E-state index contributed by atoms with van der Waals surface area (Å²) in [6.07, 6.45) is 3.82. The van der Waals surface area contributed by atoms with E-state index < -0.39 is 0 Å². The predicted molar refractivity (Wildman–Crippen MR) is 74.8 cm³/mol. The molecule has 0 rings (SSSR count). The number of hydrogen-bond donors (Lipinski definition) is 0. The van der Waals surface area contributed by atoms with Gasteiger partial charge in [0.15, 0.2) is 0 Å². The van der Waals surface area contributed by atoms with E-state index in [0.717, 1.165) is 32.0 Å². The fourth-order valence-corrected chi connectivity index (χ4v) is 1.52. The minimum atomic E-state index is 0.123. The molecule has 0 atom stereocenters. The number of ketones is 1.